The summed E-state index contributed by atoms with van der Waals surface area (Å²) < 4.78 is 47.6. The summed E-state index contributed by atoms with van der Waals surface area (Å²) in [5.41, 5.74) is 1.17. The predicted octanol–water partition coefficient (Wildman–Crippen LogP) is 2.63. The highest BCUT2D eigenvalue weighted by Crippen LogP contribution is 2.34. The number of carbonyl (C=O) groups is 1. The summed E-state index contributed by atoms with van der Waals surface area (Å²) in [5.74, 6) is -0.993. The zero-order chi connectivity index (χ0) is 18.9. The number of benzene rings is 1. The van der Waals surface area contributed by atoms with Crippen LogP contribution in [0.3, 0.4) is 0 Å². The molecule has 1 aromatic carbocycles. The van der Waals surface area contributed by atoms with Crippen LogP contribution in [0.4, 0.5) is 4.39 Å². The highest BCUT2D eigenvalue weighted by Gasteiger charge is 2.38. The van der Waals surface area contributed by atoms with Crippen molar-refractivity contribution in [3.05, 3.63) is 57.5 Å². The van der Waals surface area contributed by atoms with E-state index in [4.69, 9.17) is 4.74 Å². The average Bonchev–Trinajstić information content (AvgIpc) is 3.27. The van der Waals surface area contributed by atoms with Gasteiger partial charge in [0.2, 0.25) is 0 Å². The minimum absolute atomic E-state index is 0.315. The Balaban J connectivity index is 1.79. The average molecular weight is 398 g/mol. The van der Waals surface area contributed by atoms with Crippen LogP contribution in [0.5, 0.6) is 0 Å². The van der Waals surface area contributed by atoms with Crippen molar-refractivity contribution in [3.8, 4) is 0 Å². The molecular weight excluding hydrogens is 379 g/mol. The highest BCUT2D eigenvalue weighted by atomic mass is 32.2. The van der Waals surface area contributed by atoms with Crippen molar-refractivity contribution in [2.75, 3.05) is 13.7 Å². The summed E-state index contributed by atoms with van der Waals surface area (Å²) in [5, 5.41) is 1.70. The highest BCUT2D eigenvalue weighted by molar-refractivity contribution is 7.87. The standard InChI is InChI=1S/C17H19FN2O4S2/c1-11-10-12(5-6-13(11)18)16-14(7-8-24-16)20(2)26(22,23)19-17(21)15-4-3-9-25-15/h3-6,9-10,14,16H,7-8H2,1-2H3,(H,19,21)/t14-,16?/m0/s1. The smallest absolute Gasteiger partial charge is 0.304 e. The fourth-order valence-electron chi connectivity index (χ4n) is 2.94. The number of nitrogens with one attached hydrogen (secondary N) is 1. The van der Waals surface area contributed by atoms with Crippen molar-refractivity contribution in [1.82, 2.24) is 9.03 Å². The molecule has 0 radical (unpaired) electrons. The number of aryl methyl sites for hydroxylation is 1. The molecule has 1 aliphatic rings. The number of hydrogen-bond donors (Lipinski definition) is 1. The van der Waals surface area contributed by atoms with Crippen molar-refractivity contribution in [1.29, 1.82) is 0 Å². The molecule has 140 valence electrons. The SMILES string of the molecule is Cc1cc(C2OCC[C@@H]2N(C)S(=O)(=O)NC(=O)c2cccs2)ccc1F. The van der Waals surface area contributed by atoms with Gasteiger partial charge in [-0.3, -0.25) is 4.79 Å². The molecule has 1 unspecified atom stereocenters. The van der Waals surface area contributed by atoms with Gasteiger partial charge < -0.3 is 4.74 Å². The van der Waals surface area contributed by atoms with Gasteiger partial charge in [0.05, 0.1) is 17.0 Å². The van der Waals surface area contributed by atoms with E-state index in [1.165, 1.54) is 13.1 Å². The molecule has 2 atom stereocenters. The van der Waals surface area contributed by atoms with Crippen molar-refractivity contribution < 1.29 is 22.3 Å². The van der Waals surface area contributed by atoms with Gasteiger partial charge in [0.1, 0.15) is 5.82 Å². The number of ether oxygens (including phenoxy) is 1. The Bertz CT molecular complexity index is 899. The first-order chi connectivity index (χ1) is 12.3. The van der Waals surface area contributed by atoms with E-state index in [2.05, 4.69) is 4.72 Å². The number of nitrogens with zero attached hydrogens (tertiary/aromatic N) is 1. The second-order valence-electron chi connectivity index (χ2n) is 6.09. The second-order valence-corrected chi connectivity index (χ2v) is 8.76. The molecule has 0 spiro atoms. The second kappa shape index (κ2) is 7.43. The molecule has 1 aliphatic heterocycles. The van der Waals surface area contributed by atoms with Crippen molar-refractivity contribution in [2.45, 2.75) is 25.5 Å². The fraction of sp³-hybridized carbons (Fsp3) is 0.353. The van der Waals surface area contributed by atoms with Gasteiger partial charge in [-0.1, -0.05) is 18.2 Å². The number of amides is 1. The summed E-state index contributed by atoms with van der Waals surface area (Å²) in [6.45, 7) is 2.02. The van der Waals surface area contributed by atoms with Crippen LogP contribution in [-0.2, 0) is 14.9 Å². The minimum atomic E-state index is -4.04. The molecule has 1 fully saturated rings. The maximum atomic E-state index is 13.5. The van der Waals surface area contributed by atoms with Crippen LogP contribution in [0.1, 0.15) is 33.3 Å². The topological polar surface area (TPSA) is 75.7 Å². The number of likely N-dealkylation sites (N-methyl/N-ethyl adjacent to an activating group) is 1. The zero-order valence-corrected chi connectivity index (χ0v) is 15.9. The Hall–Kier alpha value is -1.81. The normalized spacial score (nSPS) is 20.5. The lowest BCUT2D eigenvalue weighted by molar-refractivity contribution is 0.0862. The monoisotopic (exact) mass is 398 g/mol. The van der Waals surface area contributed by atoms with Crippen LogP contribution in [0, 0.1) is 12.7 Å². The zero-order valence-electron chi connectivity index (χ0n) is 14.3. The maximum Gasteiger partial charge on any atom is 0.304 e. The van der Waals surface area contributed by atoms with E-state index in [1.54, 1.807) is 36.6 Å². The Morgan fingerprint density at radius 1 is 1.38 bits per heavy atom. The van der Waals surface area contributed by atoms with Crippen molar-refractivity contribution in [2.24, 2.45) is 0 Å². The van der Waals surface area contributed by atoms with E-state index in [0.717, 1.165) is 15.6 Å². The van der Waals surface area contributed by atoms with E-state index < -0.39 is 28.3 Å². The predicted molar refractivity (Wildman–Crippen MR) is 96.7 cm³/mol. The van der Waals surface area contributed by atoms with E-state index >= 15 is 0 Å². The van der Waals surface area contributed by atoms with E-state index in [1.807, 2.05) is 0 Å². The first kappa shape index (κ1) is 19.0. The van der Waals surface area contributed by atoms with Gasteiger partial charge in [0, 0.05) is 13.7 Å². The Morgan fingerprint density at radius 2 is 2.15 bits per heavy atom. The lowest BCUT2D eigenvalue weighted by Gasteiger charge is -2.28. The molecule has 2 heterocycles. The molecule has 0 bridgehead atoms. The van der Waals surface area contributed by atoms with Gasteiger partial charge in [-0.25, -0.2) is 9.11 Å². The molecule has 0 saturated carbocycles. The number of hydrogen-bond acceptors (Lipinski definition) is 5. The van der Waals surface area contributed by atoms with E-state index in [9.17, 15) is 17.6 Å². The van der Waals surface area contributed by atoms with Gasteiger partial charge in [0.15, 0.2) is 0 Å². The molecule has 26 heavy (non-hydrogen) atoms. The summed E-state index contributed by atoms with van der Waals surface area (Å²) in [4.78, 5) is 12.4. The molecule has 9 heteroatoms. The quantitative estimate of drug-likeness (QED) is 0.840. The number of rotatable bonds is 5. The summed E-state index contributed by atoms with van der Waals surface area (Å²) >= 11 is 1.16. The van der Waals surface area contributed by atoms with Gasteiger partial charge >= 0.3 is 10.2 Å². The van der Waals surface area contributed by atoms with Crippen LogP contribution < -0.4 is 4.72 Å². The lowest BCUT2D eigenvalue weighted by Crippen LogP contribution is -2.47. The molecule has 1 saturated heterocycles. The number of halogens is 1. The Morgan fingerprint density at radius 3 is 2.81 bits per heavy atom. The first-order valence-electron chi connectivity index (χ1n) is 8.01. The first-order valence-corrected chi connectivity index (χ1v) is 10.3. The van der Waals surface area contributed by atoms with Gasteiger partial charge in [0.25, 0.3) is 5.91 Å². The van der Waals surface area contributed by atoms with Gasteiger partial charge in [-0.15, -0.1) is 11.3 Å². The minimum Gasteiger partial charge on any atom is -0.372 e. The van der Waals surface area contributed by atoms with Crippen LogP contribution in [0.25, 0.3) is 0 Å². The third-order valence-corrected chi connectivity index (χ3v) is 6.72. The summed E-state index contributed by atoms with van der Waals surface area (Å²) in [6, 6.07) is 7.33. The van der Waals surface area contributed by atoms with Crippen molar-refractivity contribution >= 4 is 27.5 Å². The van der Waals surface area contributed by atoms with E-state index in [-0.39, 0.29) is 5.82 Å². The van der Waals surface area contributed by atoms with Crippen LogP contribution >= 0.6 is 11.3 Å². The van der Waals surface area contributed by atoms with Crippen LogP contribution in [0.2, 0.25) is 0 Å². The van der Waals surface area contributed by atoms with Crippen LogP contribution in [0.15, 0.2) is 35.7 Å². The third kappa shape index (κ3) is 3.80. The van der Waals surface area contributed by atoms with E-state index in [0.29, 0.717) is 29.0 Å². The molecule has 6 nitrogen and oxygen atoms in total. The largest absolute Gasteiger partial charge is 0.372 e. The summed E-state index contributed by atoms with van der Waals surface area (Å²) in [6.07, 6.45) is -0.0428. The third-order valence-electron chi connectivity index (χ3n) is 4.38. The summed E-state index contributed by atoms with van der Waals surface area (Å²) in [7, 11) is -2.63. The van der Waals surface area contributed by atoms with Gasteiger partial charge in [-0.2, -0.15) is 12.7 Å². The molecule has 2 aromatic rings. The maximum absolute atomic E-state index is 13.5. The van der Waals surface area contributed by atoms with Gasteiger partial charge in [-0.05, 0) is 42.0 Å². The number of thiophene rings is 1. The molecule has 1 aromatic heterocycles. The lowest BCUT2D eigenvalue weighted by atomic mass is 10.0. The molecular formula is C17H19FN2O4S2. The Labute approximate surface area is 155 Å². The molecule has 3 rings (SSSR count). The van der Waals surface area contributed by atoms with Crippen LogP contribution in [-0.4, -0.2) is 38.3 Å². The van der Waals surface area contributed by atoms with Crippen molar-refractivity contribution in [3.63, 3.8) is 0 Å². The number of carbonyl (C=O) groups excluding carboxylic acids is 1. The molecule has 0 aliphatic carbocycles. The fourth-order valence-corrected chi connectivity index (χ4v) is 4.68. The molecule has 1 amide bonds. The molecule has 1 N–H and O–H groups in total. The Kier molecular flexibility index (Phi) is 5.42.